The summed E-state index contributed by atoms with van der Waals surface area (Å²) in [6, 6.07) is 18.7. The smallest absolute Gasteiger partial charge is 0.293 e. The van der Waals surface area contributed by atoms with E-state index >= 15 is 0 Å². The number of carbonyl (C=O) groups is 2. The maximum Gasteiger partial charge on any atom is 0.293 e. The van der Waals surface area contributed by atoms with E-state index in [2.05, 4.69) is 10.3 Å². The molecule has 1 aliphatic rings. The highest BCUT2D eigenvalue weighted by atomic mass is 16.6. The molecule has 0 aliphatic carbocycles. The lowest BCUT2D eigenvalue weighted by Gasteiger charge is -2.34. The summed E-state index contributed by atoms with van der Waals surface area (Å²) in [7, 11) is 0. The van der Waals surface area contributed by atoms with Crippen molar-refractivity contribution in [2.24, 2.45) is 0 Å². The number of pyridine rings is 1. The second kappa shape index (κ2) is 10.1. The quantitative estimate of drug-likeness (QED) is 0.444. The third kappa shape index (κ3) is 5.03. The number of nitrogens with one attached hydrogen (secondary N) is 1. The maximum atomic E-state index is 13.0. The lowest BCUT2D eigenvalue weighted by atomic mass is 10.1. The largest absolute Gasteiger partial charge is 0.371 e. The minimum atomic E-state index is -0.499. The number of rotatable bonds is 6. The Balaban J connectivity index is 1.44. The summed E-state index contributed by atoms with van der Waals surface area (Å²) in [5, 5.41) is 14.8. The van der Waals surface area contributed by atoms with Crippen molar-refractivity contribution in [3.8, 4) is 0 Å². The average Bonchev–Trinajstić information content (AvgIpc) is 2.89. The van der Waals surface area contributed by atoms with Crippen LogP contribution in [-0.4, -0.2) is 57.7 Å². The fourth-order valence-electron chi connectivity index (χ4n) is 3.94. The number of carbonyl (C=O) groups excluding carboxylic acids is 2. The number of aromatic nitrogens is 1. The summed E-state index contributed by atoms with van der Waals surface area (Å²) in [4.78, 5) is 44.5. The molecule has 2 amide bonds. The molecule has 1 aromatic heterocycles. The van der Waals surface area contributed by atoms with Crippen LogP contribution in [0.2, 0.25) is 0 Å². The molecule has 4 rings (SSSR count). The van der Waals surface area contributed by atoms with E-state index in [0.29, 0.717) is 37.4 Å². The zero-order chi connectivity index (χ0) is 24.1. The van der Waals surface area contributed by atoms with Gasteiger partial charge in [-0.15, -0.1) is 0 Å². The molecule has 1 unspecified atom stereocenters. The van der Waals surface area contributed by atoms with Gasteiger partial charge in [-0.2, -0.15) is 0 Å². The minimum absolute atomic E-state index is 0.0687. The number of amides is 2. The van der Waals surface area contributed by atoms with Crippen molar-refractivity contribution in [3.05, 3.63) is 99.9 Å². The van der Waals surface area contributed by atoms with Crippen LogP contribution in [0, 0.1) is 10.1 Å². The van der Waals surface area contributed by atoms with Crippen LogP contribution in [0.3, 0.4) is 0 Å². The molecule has 0 radical (unpaired) electrons. The first-order valence-electron chi connectivity index (χ1n) is 11.0. The number of nitro benzene ring substituents is 1. The van der Waals surface area contributed by atoms with Crippen LogP contribution in [0.25, 0.3) is 0 Å². The van der Waals surface area contributed by atoms with Crippen molar-refractivity contribution in [1.82, 2.24) is 14.8 Å². The third-order valence-corrected chi connectivity index (χ3v) is 5.82. The molecule has 9 heteroatoms. The van der Waals surface area contributed by atoms with Crippen molar-refractivity contribution in [1.29, 1.82) is 0 Å². The molecule has 34 heavy (non-hydrogen) atoms. The van der Waals surface area contributed by atoms with Gasteiger partial charge in [-0.3, -0.25) is 24.7 Å². The highest BCUT2D eigenvalue weighted by molar-refractivity contribution is 5.97. The molecule has 174 valence electrons. The van der Waals surface area contributed by atoms with Crippen LogP contribution >= 0.6 is 0 Å². The van der Waals surface area contributed by atoms with Crippen LogP contribution < -0.4 is 5.32 Å². The van der Waals surface area contributed by atoms with Crippen LogP contribution in [-0.2, 0) is 0 Å². The molecule has 0 spiro atoms. The monoisotopic (exact) mass is 459 g/mol. The van der Waals surface area contributed by atoms with Crippen molar-refractivity contribution in [3.63, 3.8) is 0 Å². The molecule has 1 atom stereocenters. The first kappa shape index (κ1) is 22.9. The summed E-state index contributed by atoms with van der Waals surface area (Å²) in [5.41, 5.74) is 1.75. The van der Waals surface area contributed by atoms with Crippen molar-refractivity contribution >= 4 is 23.2 Å². The molecule has 3 aromatic rings. The Bertz CT molecular complexity index is 1180. The van der Waals surface area contributed by atoms with Crippen LogP contribution in [0.1, 0.15) is 39.4 Å². The first-order chi connectivity index (χ1) is 16.4. The van der Waals surface area contributed by atoms with E-state index in [1.807, 2.05) is 37.3 Å². The maximum absolute atomic E-state index is 13.0. The van der Waals surface area contributed by atoms with Crippen LogP contribution in [0.5, 0.6) is 0 Å². The van der Waals surface area contributed by atoms with Gasteiger partial charge in [-0.25, -0.2) is 0 Å². The number of benzene rings is 2. The second-order valence-electron chi connectivity index (χ2n) is 8.06. The zero-order valence-electron chi connectivity index (χ0n) is 18.8. The molecule has 1 N–H and O–H groups in total. The van der Waals surface area contributed by atoms with Gasteiger partial charge in [0.05, 0.1) is 16.7 Å². The molecule has 0 bridgehead atoms. The zero-order valence-corrected chi connectivity index (χ0v) is 18.8. The Kier molecular flexibility index (Phi) is 6.82. The minimum Gasteiger partial charge on any atom is -0.371 e. The van der Waals surface area contributed by atoms with E-state index in [1.54, 1.807) is 46.3 Å². The number of nitrogens with zero attached hydrogens (tertiary/aromatic N) is 4. The van der Waals surface area contributed by atoms with Gasteiger partial charge in [-0.1, -0.05) is 24.3 Å². The van der Waals surface area contributed by atoms with Gasteiger partial charge in [0.1, 0.15) is 5.69 Å². The lowest BCUT2D eigenvalue weighted by Crippen LogP contribution is -2.50. The van der Waals surface area contributed by atoms with Gasteiger partial charge in [0.15, 0.2) is 0 Å². The number of piperazine rings is 1. The molecule has 2 aromatic carbocycles. The Hall–Kier alpha value is -4.27. The molecule has 1 fully saturated rings. The fourth-order valence-corrected chi connectivity index (χ4v) is 3.94. The van der Waals surface area contributed by atoms with Gasteiger partial charge in [-0.05, 0) is 43.3 Å². The molecule has 9 nitrogen and oxygen atoms in total. The predicted molar refractivity (Wildman–Crippen MR) is 128 cm³/mol. The third-order valence-electron chi connectivity index (χ3n) is 5.82. The molecular formula is C25H25N5O4. The molecule has 1 aliphatic heterocycles. The van der Waals surface area contributed by atoms with E-state index in [9.17, 15) is 19.7 Å². The van der Waals surface area contributed by atoms with Gasteiger partial charge < -0.3 is 15.1 Å². The Morgan fingerprint density at radius 2 is 1.53 bits per heavy atom. The van der Waals surface area contributed by atoms with Crippen LogP contribution in [0.15, 0.2) is 72.9 Å². The number of nitro groups is 1. The van der Waals surface area contributed by atoms with Gasteiger partial charge in [0, 0.05) is 49.6 Å². The van der Waals surface area contributed by atoms with Crippen molar-refractivity contribution in [2.75, 3.05) is 31.5 Å². The van der Waals surface area contributed by atoms with E-state index in [1.165, 1.54) is 6.07 Å². The number of anilines is 1. The van der Waals surface area contributed by atoms with E-state index in [-0.39, 0.29) is 29.1 Å². The number of hydrogen-bond donors (Lipinski definition) is 1. The van der Waals surface area contributed by atoms with E-state index in [4.69, 9.17) is 0 Å². The van der Waals surface area contributed by atoms with Crippen molar-refractivity contribution < 1.29 is 14.5 Å². The van der Waals surface area contributed by atoms with E-state index in [0.717, 1.165) is 5.69 Å². The summed E-state index contributed by atoms with van der Waals surface area (Å²) in [6.07, 6.45) is 1.66. The Morgan fingerprint density at radius 1 is 0.912 bits per heavy atom. The molecular weight excluding hydrogens is 434 g/mol. The average molecular weight is 460 g/mol. The van der Waals surface area contributed by atoms with Crippen molar-refractivity contribution in [2.45, 2.75) is 13.0 Å². The van der Waals surface area contributed by atoms with E-state index < -0.39 is 4.92 Å². The van der Waals surface area contributed by atoms with Crippen LogP contribution in [0.4, 0.5) is 11.4 Å². The fraction of sp³-hybridized carbons (Fsp3) is 0.240. The number of hydrogen-bond acceptors (Lipinski definition) is 6. The van der Waals surface area contributed by atoms with Gasteiger partial charge >= 0.3 is 0 Å². The molecule has 1 saturated heterocycles. The Labute approximate surface area is 197 Å². The standard InChI is InChI=1S/C25H25N5O4/c1-18(21-9-5-6-12-26-21)27-22-11-10-20(17-23(22)30(33)34)25(32)29-15-13-28(14-16-29)24(31)19-7-3-2-4-8-19/h2-12,17-18,27H,13-16H2,1H3. The summed E-state index contributed by atoms with van der Waals surface area (Å²) in [5.74, 6) is -0.361. The highest BCUT2D eigenvalue weighted by Crippen LogP contribution is 2.29. The molecule has 0 saturated carbocycles. The lowest BCUT2D eigenvalue weighted by molar-refractivity contribution is -0.384. The second-order valence-corrected chi connectivity index (χ2v) is 8.06. The summed E-state index contributed by atoms with van der Waals surface area (Å²) >= 11 is 0. The SMILES string of the molecule is CC(Nc1ccc(C(=O)N2CCN(C(=O)c3ccccc3)CC2)cc1[N+](=O)[O-])c1ccccn1. The predicted octanol–water partition coefficient (Wildman–Crippen LogP) is 3.76. The van der Waals surface area contributed by atoms with Gasteiger partial charge in [0.2, 0.25) is 0 Å². The highest BCUT2D eigenvalue weighted by Gasteiger charge is 2.27. The molecule has 2 heterocycles. The topological polar surface area (TPSA) is 109 Å². The summed E-state index contributed by atoms with van der Waals surface area (Å²) < 4.78 is 0. The first-order valence-corrected chi connectivity index (χ1v) is 11.0. The van der Waals surface area contributed by atoms with Gasteiger partial charge in [0.25, 0.3) is 17.5 Å². The normalized spacial score (nSPS) is 14.4. The summed E-state index contributed by atoms with van der Waals surface area (Å²) in [6.45, 7) is 3.40. The Morgan fingerprint density at radius 3 is 2.12 bits per heavy atom.